The van der Waals surface area contributed by atoms with Crippen LogP contribution in [0.4, 0.5) is 10.7 Å². The largest absolute Gasteiger partial charge is 0.445 e. The molecule has 3 atom stereocenters. The van der Waals surface area contributed by atoms with Crippen molar-refractivity contribution in [1.29, 1.82) is 0 Å². The minimum atomic E-state index is -3.86. The number of anilines is 1. The Kier molecular flexibility index (Phi) is 8.06. The Morgan fingerprint density at radius 2 is 1.76 bits per heavy atom. The number of sulfonamides is 1. The van der Waals surface area contributed by atoms with Crippen molar-refractivity contribution >= 4 is 33.1 Å². The average molecular weight is 576 g/mol. The second kappa shape index (κ2) is 11.5. The van der Waals surface area contributed by atoms with E-state index < -0.39 is 21.7 Å². The van der Waals surface area contributed by atoms with Gasteiger partial charge in [-0.05, 0) is 47.6 Å². The van der Waals surface area contributed by atoms with Gasteiger partial charge >= 0.3 is 6.09 Å². The van der Waals surface area contributed by atoms with E-state index in [1.54, 1.807) is 18.2 Å². The third kappa shape index (κ3) is 6.23. The van der Waals surface area contributed by atoms with Crippen molar-refractivity contribution in [1.82, 2.24) is 19.6 Å². The molecule has 1 aliphatic rings. The van der Waals surface area contributed by atoms with Crippen LogP contribution in [0.3, 0.4) is 0 Å². The van der Waals surface area contributed by atoms with Crippen molar-refractivity contribution in [3.8, 4) is 0 Å². The number of nitrogens with two attached hydrogens (primary N) is 1. The van der Waals surface area contributed by atoms with E-state index in [0.717, 1.165) is 11.1 Å². The van der Waals surface area contributed by atoms with E-state index in [2.05, 4.69) is 15.3 Å². The van der Waals surface area contributed by atoms with Crippen LogP contribution in [0.25, 0.3) is 11.0 Å². The van der Waals surface area contributed by atoms with Crippen molar-refractivity contribution in [3.05, 3.63) is 90.0 Å². The number of nitrogen functional groups attached to an aromatic ring is 1. The van der Waals surface area contributed by atoms with Crippen molar-refractivity contribution < 1.29 is 17.9 Å². The number of amides is 1. The Balaban J connectivity index is 1.40. The number of fused-ring (bicyclic) bond motifs is 1. The predicted molar refractivity (Wildman–Crippen MR) is 160 cm³/mol. The van der Waals surface area contributed by atoms with Gasteiger partial charge in [-0.3, -0.25) is 0 Å². The highest BCUT2D eigenvalue weighted by Crippen LogP contribution is 2.56. The van der Waals surface area contributed by atoms with Crippen LogP contribution in [0.1, 0.15) is 44.2 Å². The van der Waals surface area contributed by atoms with Crippen molar-refractivity contribution in [2.75, 3.05) is 18.8 Å². The standard InChI is InChI=1S/C31H37N5O4S/c1-21(2)18-36(41(38,39)25-14-15-27-28(16-25)34-29(32)33-27)19-22(3)31(17-26(31)24-12-8-5-9-13-24)35-30(37)40-20-23-10-6-4-7-11-23/h4-16,21-22,26H,17-20H2,1-3H3,(H,35,37)(H3,32,33,34)/t22-,26?,31?/m1/s1. The zero-order chi connectivity index (χ0) is 29.2. The van der Waals surface area contributed by atoms with Crippen molar-refractivity contribution in [2.45, 2.75) is 50.2 Å². The molecule has 1 aliphatic carbocycles. The first kappa shape index (κ1) is 28.6. The molecule has 2 unspecified atom stereocenters. The first-order valence-corrected chi connectivity index (χ1v) is 15.3. The van der Waals surface area contributed by atoms with Crippen LogP contribution in [0, 0.1) is 11.8 Å². The summed E-state index contributed by atoms with van der Waals surface area (Å²) in [6.07, 6.45) is 0.174. The van der Waals surface area contributed by atoms with Crippen LogP contribution in [-0.2, 0) is 21.4 Å². The van der Waals surface area contributed by atoms with Gasteiger partial charge in [-0.25, -0.2) is 18.2 Å². The van der Waals surface area contributed by atoms with E-state index in [0.29, 0.717) is 24.0 Å². The summed E-state index contributed by atoms with van der Waals surface area (Å²) in [4.78, 5) is 20.3. The van der Waals surface area contributed by atoms with Crippen LogP contribution >= 0.6 is 0 Å². The number of carbonyl (C=O) groups is 1. The monoisotopic (exact) mass is 575 g/mol. The van der Waals surface area contributed by atoms with E-state index in [1.165, 1.54) is 4.31 Å². The molecule has 0 radical (unpaired) electrons. The van der Waals surface area contributed by atoms with Gasteiger partial charge in [-0.15, -0.1) is 0 Å². The van der Waals surface area contributed by atoms with Crippen molar-refractivity contribution in [3.63, 3.8) is 0 Å². The number of alkyl carbamates (subject to hydrolysis) is 1. The normalized spacial score (nSPS) is 19.4. The van der Waals surface area contributed by atoms with Crippen LogP contribution in [0.5, 0.6) is 0 Å². The zero-order valence-electron chi connectivity index (χ0n) is 23.6. The lowest BCUT2D eigenvalue weighted by Gasteiger charge is -2.32. The second-order valence-corrected chi connectivity index (χ2v) is 13.3. The topological polar surface area (TPSA) is 130 Å². The molecular formula is C31H37N5O4S. The quantitative estimate of drug-likeness (QED) is 0.223. The first-order chi connectivity index (χ1) is 19.6. The van der Waals surface area contributed by atoms with Crippen molar-refractivity contribution in [2.24, 2.45) is 11.8 Å². The van der Waals surface area contributed by atoms with E-state index >= 15 is 0 Å². The second-order valence-electron chi connectivity index (χ2n) is 11.3. The number of aromatic amines is 1. The van der Waals surface area contributed by atoms with Crippen LogP contribution in [0.15, 0.2) is 83.8 Å². The van der Waals surface area contributed by atoms with Gasteiger partial charge in [0.2, 0.25) is 10.0 Å². The number of benzene rings is 3. The van der Waals surface area contributed by atoms with Gasteiger partial charge in [0.05, 0.1) is 21.5 Å². The number of ether oxygens (including phenoxy) is 1. The molecule has 1 saturated carbocycles. The number of nitrogens with zero attached hydrogens (tertiary/aromatic N) is 2. The number of imidazole rings is 1. The summed E-state index contributed by atoms with van der Waals surface area (Å²) in [7, 11) is -3.86. The van der Waals surface area contributed by atoms with Gasteiger partial charge in [0.15, 0.2) is 5.95 Å². The Bertz CT molecular complexity index is 1610. The average Bonchev–Trinajstić information content (AvgIpc) is 3.55. The summed E-state index contributed by atoms with van der Waals surface area (Å²) in [6, 6.07) is 24.3. The molecule has 0 spiro atoms. The summed E-state index contributed by atoms with van der Waals surface area (Å²) in [5.41, 5.74) is 8.29. The molecule has 216 valence electrons. The molecule has 1 heterocycles. The molecule has 3 aromatic carbocycles. The summed E-state index contributed by atoms with van der Waals surface area (Å²) < 4.78 is 35.1. The highest BCUT2D eigenvalue weighted by Gasteiger charge is 2.60. The molecule has 0 saturated heterocycles. The number of hydrogen-bond donors (Lipinski definition) is 3. The van der Waals surface area contributed by atoms with Crippen LogP contribution in [0.2, 0.25) is 0 Å². The molecule has 5 rings (SSSR count). The van der Waals surface area contributed by atoms with E-state index in [1.807, 2.05) is 81.4 Å². The van der Waals surface area contributed by atoms with E-state index in [9.17, 15) is 13.2 Å². The number of aromatic nitrogens is 2. The molecule has 1 aromatic heterocycles. The highest BCUT2D eigenvalue weighted by atomic mass is 32.2. The maximum Gasteiger partial charge on any atom is 0.407 e. The van der Waals surface area contributed by atoms with Gasteiger partial charge in [0.25, 0.3) is 0 Å². The molecule has 10 heteroatoms. The molecule has 1 amide bonds. The van der Waals surface area contributed by atoms with Gasteiger partial charge in [0, 0.05) is 19.0 Å². The number of nitrogens with one attached hydrogen (secondary N) is 2. The number of rotatable bonds is 11. The minimum absolute atomic E-state index is 0.0379. The fourth-order valence-electron chi connectivity index (χ4n) is 5.60. The summed E-state index contributed by atoms with van der Waals surface area (Å²) >= 11 is 0. The van der Waals surface area contributed by atoms with Crippen LogP contribution in [-0.4, -0.2) is 47.4 Å². The minimum Gasteiger partial charge on any atom is -0.445 e. The number of hydrogen-bond acceptors (Lipinski definition) is 6. The van der Waals surface area contributed by atoms with Gasteiger partial charge in [-0.1, -0.05) is 81.4 Å². The third-order valence-corrected chi connectivity index (χ3v) is 9.62. The zero-order valence-corrected chi connectivity index (χ0v) is 24.4. The highest BCUT2D eigenvalue weighted by molar-refractivity contribution is 7.89. The van der Waals surface area contributed by atoms with Crippen LogP contribution < -0.4 is 11.1 Å². The molecule has 0 aliphatic heterocycles. The lowest BCUT2D eigenvalue weighted by Crippen LogP contribution is -2.48. The Morgan fingerprint density at radius 1 is 1.07 bits per heavy atom. The van der Waals surface area contributed by atoms with Gasteiger partial charge in [0.1, 0.15) is 6.61 Å². The number of H-pyrrole nitrogens is 1. The fourth-order valence-corrected chi connectivity index (χ4v) is 7.32. The molecule has 1 fully saturated rings. The third-order valence-electron chi connectivity index (χ3n) is 7.79. The maximum absolute atomic E-state index is 14.0. The molecular weight excluding hydrogens is 538 g/mol. The summed E-state index contributed by atoms with van der Waals surface area (Å²) in [5.74, 6) is 0.148. The molecule has 4 N–H and O–H groups in total. The number of carbonyl (C=O) groups excluding carboxylic acids is 1. The van der Waals surface area contributed by atoms with E-state index in [4.69, 9.17) is 10.5 Å². The Labute approximate surface area is 241 Å². The summed E-state index contributed by atoms with van der Waals surface area (Å²) in [6.45, 7) is 6.70. The van der Waals surface area contributed by atoms with Gasteiger partial charge < -0.3 is 20.8 Å². The molecule has 4 aromatic rings. The smallest absolute Gasteiger partial charge is 0.407 e. The SMILES string of the molecule is CC(C)CN(C[C@@H](C)C1(NC(=O)OCc2ccccc2)CC1c1ccccc1)S(=O)(=O)c1ccc2nc(N)[nH]c2c1. The lowest BCUT2D eigenvalue weighted by atomic mass is 9.94. The molecule has 0 bridgehead atoms. The molecule has 9 nitrogen and oxygen atoms in total. The predicted octanol–water partition coefficient (Wildman–Crippen LogP) is 5.28. The maximum atomic E-state index is 14.0. The summed E-state index contributed by atoms with van der Waals surface area (Å²) in [5, 5.41) is 3.15. The van der Waals surface area contributed by atoms with E-state index in [-0.39, 0.29) is 41.7 Å². The van der Waals surface area contributed by atoms with Gasteiger partial charge in [-0.2, -0.15) is 4.31 Å². The fraction of sp³-hybridized carbons (Fsp3) is 0.355. The molecule has 41 heavy (non-hydrogen) atoms. The Morgan fingerprint density at radius 3 is 2.44 bits per heavy atom. The lowest BCUT2D eigenvalue weighted by molar-refractivity contribution is 0.127. The Hall–Kier alpha value is -3.89. The first-order valence-electron chi connectivity index (χ1n) is 13.9.